The van der Waals surface area contributed by atoms with E-state index in [1.54, 1.807) is 42.5 Å². The molecular weight excluding hydrogens is 352 g/mol. The van der Waals surface area contributed by atoms with Crippen molar-refractivity contribution in [3.8, 4) is 0 Å². The molecule has 0 saturated carbocycles. The molecule has 0 atom stereocenters. The molecule has 0 aliphatic rings. The van der Waals surface area contributed by atoms with E-state index in [1.807, 2.05) is 13.8 Å². The smallest absolute Gasteiger partial charge is 0.288 e. The maximum absolute atomic E-state index is 12.4. The Bertz CT molecular complexity index is 781. The Morgan fingerprint density at radius 1 is 1.00 bits per heavy atom. The Morgan fingerprint density at radius 3 is 2.38 bits per heavy atom. The molecule has 1 aromatic heterocycles. The lowest BCUT2D eigenvalue weighted by atomic mass is 10.2. The van der Waals surface area contributed by atoms with Crippen molar-refractivity contribution in [1.29, 1.82) is 0 Å². The van der Waals surface area contributed by atoms with E-state index in [2.05, 4.69) is 21.2 Å². The Morgan fingerprint density at radius 2 is 1.69 bits per heavy atom. The number of hydrogen-bond acceptors (Lipinski definition) is 5. The number of nitrogens with one attached hydrogen (secondary N) is 3. The van der Waals surface area contributed by atoms with E-state index < -0.39 is 11.8 Å². The van der Waals surface area contributed by atoms with Gasteiger partial charge < -0.3 is 5.32 Å². The predicted molar refractivity (Wildman–Crippen MR) is 99.6 cm³/mol. The summed E-state index contributed by atoms with van der Waals surface area (Å²) in [6, 6.07) is 11.9. The highest BCUT2D eigenvalue weighted by Gasteiger charge is 2.14. The van der Waals surface area contributed by atoms with Crippen molar-refractivity contribution in [2.45, 2.75) is 24.8 Å². The number of benzene rings is 1. The Kier molecular flexibility index (Phi) is 7.16. The zero-order valence-corrected chi connectivity index (χ0v) is 15.3. The molecule has 0 bridgehead atoms. The summed E-state index contributed by atoms with van der Waals surface area (Å²) in [5.74, 6) is -0.895. The summed E-state index contributed by atoms with van der Waals surface area (Å²) in [6.45, 7) is 3.77. The summed E-state index contributed by atoms with van der Waals surface area (Å²) in [4.78, 5) is 40.6. The molecule has 0 aliphatic heterocycles. The lowest BCUT2D eigenvalue weighted by Gasteiger charge is -2.11. The second-order valence-electron chi connectivity index (χ2n) is 5.63. The van der Waals surface area contributed by atoms with Gasteiger partial charge in [0.05, 0.1) is 11.3 Å². The van der Waals surface area contributed by atoms with Crippen molar-refractivity contribution >= 4 is 29.5 Å². The summed E-state index contributed by atoms with van der Waals surface area (Å²) in [5.41, 5.74) is 5.26. The van der Waals surface area contributed by atoms with Gasteiger partial charge >= 0.3 is 0 Å². The van der Waals surface area contributed by atoms with Crippen LogP contribution in [0.1, 0.15) is 34.7 Å². The Hall–Kier alpha value is -2.87. The van der Waals surface area contributed by atoms with Gasteiger partial charge in [-0.05, 0) is 38.1 Å². The van der Waals surface area contributed by atoms with Crippen LogP contribution in [0.3, 0.4) is 0 Å². The van der Waals surface area contributed by atoms with Crippen LogP contribution in [-0.2, 0) is 4.79 Å². The summed E-state index contributed by atoms with van der Waals surface area (Å²) in [7, 11) is 0. The average Bonchev–Trinajstić information content (AvgIpc) is 2.64. The average molecular weight is 372 g/mol. The molecule has 0 spiro atoms. The first-order valence-electron chi connectivity index (χ1n) is 8.00. The van der Waals surface area contributed by atoms with Crippen molar-refractivity contribution in [3.05, 3.63) is 59.9 Å². The van der Waals surface area contributed by atoms with E-state index in [-0.39, 0.29) is 23.4 Å². The molecule has 136 valence electrons. The molecule has 0 aliphatic carbocycles. The van der Waals surface area contributed by atoms with Gasteiger partial charge in [0.25, 0.3) is 11.8 Å². The second kappa shape index (κ2) is 9.57. The third-order valence-electron chi connectivity index (χ3n) is 3.13. The third-order valence-corrected chi connectivity index (χ3v) is 4.20. The summed E-state index contributed by atoms with van der Waals surface area (Å²) in [5, 5.41) is 2.80. The Balaban J connectivity index is 1.96. The monoisotopic (exact) mass is 372 g/mol. The fourth-order valence-corrected chi connectivity index (χ4v) is 2.89. The molecule has 26 heavy (non-hydrogen) atoms. The van der Waals surface area contributed by atoms with Crippen molar-refractivity contribution < 1.29 is 14.4 Å². The van der Waals surface area contributed by atoms with Gasteiger partial charge in [0.1, 0.15) is 5.69 Å². The number of nitrogens with zero attached hydrogens (tertiary/aromatic N) is 1. The lowest BCUT2D eigenvalue weighted by Crippen LogP contribution is -2.42. The molecule has 0 saturated heterocycles. The van der Waals surface area contributed by atoms with Crippen LogP contribution in [0.2, 0.25) is 0 Å². The van der Waals surface area contributed by atoms with Gasteiger partial charge in [-0.2, -0.15) is 0 Å². The molecule has 1 aromatic carbocycles. The van der Waals surface area contributed by atoms with Crippen LogP contribution < -0.4 is 16.2 Å². The summed E-state index contributed by atoms with van der Waals surface area (Å²) >= 11 is 1.26. The Labute approximate surface area is 155 Å². The fraction of sp³-hybridized carbons (Fsp3) is 0.222. The topological polar surface area (TPSA) is 100 Å². The van der Waals surface area contributed by atoms with Crippen molar-refractivity contribution in [3.63, 3.8) is 0 Å². The second-order valence-corrected chi connectivity index (χ2v) is 6.65. The highest BCUT2D eigenvalue weighted by molar-refractivity contribution is 8.00. The SMILES string of the molecule is CC(C)NC(=O)CSc1ccccc1C(=O)NNC(=O)c1ccccn1. The first kappa shape index (κ1) is 19.5. The maximum Gasteiger partial charge on any atom is 0.288 e. The van der Waals surface area contributed by atoms with Gasteiger partial charge in [-0.25, -0.2) is 0 Å². The van der Waals surface area contributed by atoms with E-state index in [0.717, 1.165) is 0 Å². The van der Waals surface area contributed by atoms with Crippen molar-refractivity contribution in [2.75, 3.05) is 5.75 Å². The number of amides is 3. The highest BCUT2D eigenvalue weighted by atomic mass is 32.2. The zero-order valence-electron chi connectivity index (χ0n) is 14.5. The lowest BCUT2D eigenvalue weighted by molar-refractivity contribution is -0.119. The summed E-state index contributed by atoms with van der Waals surface area (Å²) in [6.07, 6.45) is 1.49. The van der Waals surface area contributed by atoms with Crippen LogP contribution >= 0.6 is 11.8 Å². The van der Waals surface area contributed by atoms with Gasteiger partial charge in [0.2, 0.25) is 5.91 Å². The first-order chi connectivity index (χ1) is 12.5. The molecule has 8 heteroatoms. The van der Waals surface area contributed by atoms with Gasteiger partial charge in [-0.3, -0.25) is 30.2 Å². The minimum Gasteiger partial charge on any atom is -0.353 e. The number of carbonyl (C=O) groups is 3. The minimum atomic E-state index is -0.514. The number of hydrogen-bond donors (Lipinski definition) is 3. The summed E-state index contributed by atoms with van der Waals surface area (Å²) < 4.78 is 0. The molecule has 1 heterocycles. The molecule has 3 amide bonds. The van der Waals surface area contributed by atoms with Crippen molar-refractivity contribution in [2.24, 2.45) is 0 Å². The van der Waals surface area contributed by atoms with Crippen LogP contribution in [0, 0.1) is 0 Å². The third kappa shape index (κ3) is 5.89. The first-order valence-corrected chi connectivity index (χ1v) is 8.99. The standard InChI is InChI=1S/C18H20N4O3S/c1-12(2)20-16(23)11-26-15-9-4-3-7-13(15)17(24)21-22-18(25)14-8-5-6-10-19-14/h3-10,12H,11H2,1-2H3,(H,20,23)(H,21,24)(H,22,25). The number of aromatic nitrogens is 1. The van der Waals surface area contributed by atoms with E-state index in [0.29, 0.717) is 10.5 Å². The number of rotatable bonds is 6. The number of pyridine rings is 1. The van der Waals surface area contributed by atoms with Crippen LogP contribution in [-0.4, -0.2) is 34.5 Å². The molecule has 7 nitrogen and oxygen atoms in total. The van der Waals surface area contributed by atoms with Gasteiger partial charge in [-0.1, -0.05) is 18.2 Å². The zero-order chi connectivity index (χ0) is 18.9. The number of thioether (sulfide) groups is 1. The molecule has 3 N–H and O–H groups in total. The number of hydrazine groups is 1. The van der Waals surface area contributed by atoms with Crippen LogP contribution in [0.4, 0.5) is 0 Å². The van der Waals surface area contributed by atoms with E-state index in [4.69, 9.17) is 0 Å². The maximum atomic E-state index is 12.4. The van der Waals surface area contributed by atoms with E-state index in [1.165, 1.54) is 18.0 Å². The van der Waals surface area contributed by atoms with E-state index >= 15 is 0 Å². The molecule has 0 radical (unpaired) electrons. The highest BCUT2D eigenvalue weighted by Crippen LogP contribution is 2.22. The van der Waals surface area contributed by atoms with Gasteiger partial charge in [0, 0.05) is 17.1 Å². The molecule has 0 unspecified atom stereocenters. The molecule has 2 rings (SSSR count). The molecular formula is C18H20N4O3S. The van der Waals surface area contributed by atoms with Gasteiger partial charge in [-0.15, -0.1) is 11.8 Å². The van der Waals surface area contributed by atoms with Crippen molar-refractivity contribution in [1.82, 2.24) is 21.2 Å². The normalized spacial score (nSPS) is 10.3. The molecule has 0 fully saturated rings. The largest absolute Gasteiger partial charge is 0.353 e. The number of carbonyl (C=O) groups excluding carboxylic acids is 3. The van der Waals surface area contributed by atoms with Crippen LogP contribution in [0.25, 0.3) is 0 Å². The van der Waals surface area contributed by atoms with E-state index in [9.17, 15) is 14.4 Å². The van der Waals surface area contributed by atoms with Crippen LogP contribution in [0.5, 0.6) is 0 Å². The quantitative estimate of drug-likeness (QED) is 0.530. The molecule has 2 aromatic rings. The van der Waals surface area contributed by atoms with Crippen LogP contribution in [0.15, 0.2) is 53.6 Å². The van der Waals surface area contributed by atoms with Gasteiger partial charge in [0.15, 0.2) is 0 Å². The fourth-order valence-electron chi connectivity index (χ4n) is 2.03. The predicted octanol–water partition coefficient (Wildman–Crippen LogP) is 1.77. The minimum absolute atomic E-state index is 0.0588.